The summed E-state index contributed by atoms with van der Waals surface area (Å²) in [6, 6.07) is 3.86. The quantitative estimate of drug-likeness (QED) is 0.435. The number of hydrogen-bond acceptors (Lipinski definition) is 4. The number of aliphatic imine (C=N–C) groups is 1. The highest BCUT2D eigenvalue weighted by atomic mass is 16.7. The van der Waals surface area contributed by atoms with Crippen LogP contribution in [-0.2, 0) is 15.9 Å². The number of nitrogens with zero attached hydrogens (tertiary/aromatic N) is 1. The van der Waals surface area contributed by atoms with E-state index < -0.39 is 5.79 Å². The van der Waals surface area contributed by atoms with Crippen LogP contribution in [0.15, 0.2) is 40.5 Å². The van der Waals surface area contributed by atoms with E-state index in [1.165, 1.54) is 0 Å². The molecular weight excluding hydrogens is 282 g/mol. The Labute approximate surface area is 131 Å². The SMILES string of the molecule is C=CCNC(=NCCC1(C)OCCO1)NCCc1ccco1. The topological polar surface area (TPSA) is 68.0 Å². The average Bonchev–Trinajstić information content (AvgIpc) is 3.16. The molecule has 1 aromatic heterocycles. The van der Waals surface area contributed by atoms with Crippen molar-refractivity contribution in [2.24, 2.45) is 4.99 Å². The van der Waals surface area contributed by atoms with Crippen molar-refractivity contribution < 1.29 is 13.9 Å². The lowest BCUT2D eigenvalue weighted by molar-refractivity contribution is -0.144. The van der Waals surface area contributed by atoms with E-state index in [0.29, 0.717) is 26.3 Å². The Morgan fingerprint density at radius 2 is 2.23 bits per heavy atom. The number of furan rings is 1. The first-order valence-corrected chi connectivity index (χ1v) is 7.65. The highest BCUT2D eigenvalue weighted by Crippen LogP contribution is 2.22. The maximum absolute atomic E-state index is 5.57. The summed E-state index contributed by atoms with van der Waals surface area (Å²) in [7, 11) is 0. The predicted molar refractivity (Wildman–Crippen MR) is 85.8 cm³/mol. The van der Waals surface area contributed by atoms with Gasteiger partial charge in [0.05, 0.1) is 19.5 Å². The van der Waals surface area contributed by atoms with Gasteiger partial charge in [-0.2, -0.15) is 0 Å². The first-order chi connectivity index (χ1) is 10.7. The Morgan fingerprint density at radius 3 is 2.91 bits per heavy atom. The number of hydrogen-bond donors (Lipinski definition) is 2. The van der Waals surface area contributed by atoms with Crippen LogP contribution in [0.5, 0.6) is 0 Å². The largest absolute Gasteiger partial charge is 0.469 e. The van der Waals surface area contributed by atoms with Crippen LogP contribution in [0.25, 0.3) is 0 Å². The molecule has 6 heteroatoms. The van der Waals surface area contributed by atoms with Crippen molar-refractivity contribution in [2.75, 3.05) is 32.8 Å². The molecule has 2 heterocycles. The van der Waals surface area contributed by atoms with Crippen molar-refractivity contribution in [3.05, 3.63) is 36.8 Å². The molecule has 1 aromatic rings. The summed E-state index contributed by atoms with van der Waals surface area (Å²) < 4.78 is 16.5. The molecule has 1 aliphatic rings. The molecule has 2 N–H and O–H groups in total. The van der Waals surface area contributed by atoms with Gasteiger partial charge in [-0.25, -0.2) is 0 Å². The molecule has 0 aliphatic carbocycles. The van der Waals surface area contributed by atoms with Crippen LogP contribution in [-0.4, -0.2) is 44.6 Å². The number of guanidine groups is 1. The van der Waals surface area contributed by atoms with Crippen LogP contribution in [0, 0.1) is 0 Å². The van der Waals surface area contributed by atoms with Crippen molar-refractivity contribution in [2.45, 2.75) is 25.6 Å². The first kappa shape index (κ1) is 16.6. The van der Waals surface area contributed by atoms with Gasteiger partial charge in [-0.05, 0) is 19.1 Å². The molecule has 0 radical (unpaired) electrons. The summed E-state index contributed by atoms with van der Waals surface area (Å²) in [6.07, 6.45) is 5.02. The first-order valence-electron chi connectivity index (χ1n) is 7.65. The third-order valence-electron chi connectivity index (χ3n) is 3.39. The molecule has 0 aromatic carbocycles. The molecule has 0 atom stereocenters. The molecule has 122 valence electrons. The van der Waals surface area contributed by atoms with Gasteiger partial charge in [0.2, 0.25) is 0 Å². The van der Waals surface area contributed by atoms with Gasteiger partial charge in [-0.15, -0.1) is 6.58 Å². The standard InChI is InChI=1S/C16H25N3O3/c1-3-8-17-15(18-9-6-14-5-4-11-20-14)19-10-7-16(2)21-12-13-22-16/h3-5,11H,1,6-10,12-13H2,2H3,(H2,17,18,19). The summed E-state index contributed by atoms with van der Waals surface area (Å²) in [5.41, 5.74) is 0. The second-order valence-corrected chi connectivity index (χ2v) is 5.24. The monoisotopic (exact) mass is 307 g/mol. The van der Waals surface area contributed by atoms with Gasteiger partial charge in [0, 0.05) is 32.5 Å². The third kappa shape index (κ3) is 5.54. The van der Waals surface area contributed by atoms with Crippen LogP contribution in [0.4, 0.5) is 0 Å². The van der Waals surface area contributed by atoms with E-state index in [1.807, 2.05) is 19.1 Å². The molecular formula is C16H25N3O3. The fourth-order valence-corrected chi connectivity index (χ4v) is 2.17. The fraction of sp³-hybridized carbons (Fsp3) is 0.562. The summed E-state index contributed by atoms with van der Waals surface area (Å²) in [6.45, 7) is 9.02. The highest BCUT2D eigenvalue weighted by Gasteiger charge is 2.30. The van der Waals surface area contributed by atoms with Gasteiger partial charge in [-0.3, -0.25) is 4.99 Å². The smallest absolute Gasteiger partial charge is 0.191 e. The van der Waals surface area contributed by atoms with E-state index in [4.69, 9.17) is 13.9 Å². The second-order valence-electron chi connectivity index (χ2n) is 5.24. The minimum Gasteiger partial charge on any atom is -0.469 e. The summed E-state index contributed by atoms with van der Waals surface area (Å²) in [4.78, 5) is 4.54. The molecule has 0 saturated carbocycles. The normalized spacial score (nSPS) is 17.4. The minimum absolute atomic E-state index is 0.499. The lowest BCUT2D eigenvalue weighted by atomic mass is 10.2. The Morgan fingerprint density at radius 1 is 1.41 bits per heavy atom. The van der Waals surface area contributed by atoms with E-state index in [9.17, 15) is 0 Å². The van der Waals surface area contributed by atoms with E-state index in [2.05, 4.69) is 22.2 Å². The zero-order chi connectivity index (χ0) is 15.7. The zero-order valence-corrected chi connectivity index (χ0v) is 13.1. The second kappa shape index (κ2) is 8.60. The Bertz CT molecular complexity index is 465. The molecule has 0 spiro atoms. The van der Waals surface area contributed by atoms with Crippen LogP contribution < -0.4 is 10.6 Å². The Balaban J connectivity index is 1.76. The van der Waals surface area contributed by atoms with Crippen LogP contribution in [0.3, 0.4) is 0 Å². The molecule has 1 fully saturated rings. The maximum atomic E-state index is 5.57. The molecule has 0 bridgehead atoms. The lowest BCUT2D eigenvalue weighted by Crippen LogP contribution is -2.39. The van der Waals surface area contributed by atoms with E-state index in [0.717, 1.165) is 31.1 Å². The van der Waals surface area contributed by atoms with Gasteiger partial charge in [0.25, 0.3) is 0 Å². The lowest BCUT2D eigenvalue weighted by Gasteiger charge is -2.21. The van der Waals surface area contributed by atoms with Gasteiger partial charge >= 0.3 is 0 Å². The van der Waals surface area contributed by atoms with E-state index in [1.54, 1.807) is 12.3 Å². The van der Waals surface area contributed by atoms with Crippen molar-refractivity contribution in [1.82, 2.24) is 10.6 Å². The maximum Gasteiger partial charge on any atom is 0.191 e. The van der Waals surface area contributed by atoms with E-state index >= 15 is 0 Å². The Hall–Kier alpha value is -1.79. The molecule has 22 heavy (non-hydrogen) atoms. The van der Waals surface area contributed by atoms with E-state index in [-0.39, 0.29) is 0 Å². The van der Waals surface area contributed by atoms with Crippen LogP contribution in [0.2, 0.25) is 0 Å². The summed E-state index contributed by atoms with van der Waals surface area (Å²) in [5, 5.41) is 6.48. The van der Waals surface area contributed by atoms with Crippen LogP contribution in [0.1, 0.15) is 19.1 Å². The fourth-order valence-electron chi connectivity index (χ4n) is 2.17. The predicted octanol–water partition coefficient (Wildman–Crippen LogP) is 1.70. The zero-order valence-electron chi connectivity index (χ0n) is 13.1. The number of rotatable bonds is 8. The number of nitrogens with one attached hydrogen (secondary N) is 2. The average molecular weight is 307 g/mol. The molecule has 1 saturated heterocycles. The van der Waals surface area contributed by atoms with Crippen molar-refractivity contribution >= 4 is 5.96 Å². The van der Waals surface area contributed by atoms with Gasteiger partial charge < -0.3 is 24.5 Å². The molecule has 0 unspecified atom stereocenters. The molecule has 6 nitrogen and oxygen atoms in total. The molecule has 0 amide bonds. The molecule has 2 rings (SSSR count). The number of ether oxygens (including phenoxy) is 2. The van der Waals surface area contributed by atoms with Crippen LogP contribution >= 0.6 is 0 Å². The van der Waals surface area contributed by atoms with Gasteiger partial charge in [-0.1, -0.05) is 6.08 Å². The third-order valence-corrected chi connectivity index (χ3v) is 3.39. The van der Waals surface area contributed by atoms with Gasteiger partial charge in [0.1, 0.15) is 5.76 Å². The van der Waals surface area contributed by atoms with Crippen molar-refractivity contribution in [1.29, 1.82) is 0 Å². The van der Waals surface area contributed by atoms with Crippen molar-refractivity contribution in [3.63, 3.8) is 0 Å². The van der Waals surface area contributed by atoms with Gasteiger partial charge in [0.15, 0.2) is 11.7 Å². The summed E-state index contributed by atoms with van der Waals surface area (Å²) in [5.74, 6) is 1.21. The Kier molecular flexibility index (Phi) is 6.48. The highest BCUT2D eigenvalue weighted by molar-refractivity contribution is 5.79. The van der Waals surface area contributed by atoms with Crippen molar-refractivity contribution in [3.8, 4) is 0 Å². The summed E-state index contributed by atoms with van der Waals surface area (Å²) >= 11 is 0. The molecule has 1 aliphatic heterocycles. The minimum atomic E-state index is -0.499.